The number of methoxy groups -OCH3 is 1. The third-order valence-electron chi connectivity index (χ3n) is 8.93. The summed E-state index contributed by atoms with van der Waals surface area (Å²) in [4.78, 5) is 46.9. The molecule has 11 heteroatoms. The maximum Gasteiger partial charge on any atom is 0.331 e. The van der Waals surface area contributed by atoms with Crippen LogP contribution in [0.5, 0.6) is 5.75 Å². The molecule has 0 bridgehead atoms. The van der Waals surface area contributed by atoms with Crippen LogP contribution < -0.4 is 15.0 Å². The number of hydrogen-bond donors (Lipinski definition) is 1. The molecule has 2 atom stereocenters. The number of imide groups is 1. The van der Waals surface area contributed by atoms with Gasteiger partial charge < -0.3 is 14.5 Å². The van der Waals surface area contributed by atoms with Gasteiger partial charge in [-0.25, -0.2) is 19.7 Å². The number of anilines is 2. The number of likely N-dealkylation sites (N-methyl/N-ethyl adjacent to an activating group) is 1. The smallest absolute Gasteiger partial charge is 0.331 e. The molecule has 1 aliphatic heterocycles. The van der Waals surface area contributed by atoms with E-state index < -0.39 is 0 Å². The monoisotopic (exact) mass is 588 g/mol. The Morgan fingerprint density at radius 2 is 1.89 bits per heavy atom. The van der Waals surface area contributed by atoms with Crippen molar-refractivity contribution in [3.8, 4) is 5.75 Å². The van der Waals surface area contributed by atoms with Crippen molar-refractivity contribution in [3.63, 3.8) is 0 Å². The number of imidazole rings is 1. The van der Waals surface area contributed by atoms with Gasteiger partial charge in [-0.2, -0.15) is 0 Å². The average molecular weight is 589 g/mol. The topological polar surface area (TPSA) is 118 Å². The highest BCUT2D eigenvalue weighted by atomic mass is 16.5. The largest absolute Gasteiger partial charge is 0.496 e. The van der Waals surface area contributed by atoms with Crippen molar-refractivity contribution in [3.05, 3.63) is 83.5 Å². The molecule has 4 aromatic heterocycles. The highest BCUT2D eigenvalue weighted by Crippen LogP contribution is 2.53. The maximum atomic E-state index is 12.9. The van der Waals surface area contributed by atoms with E-state index in [2.05, 4.69) is 21.5 Å². The number of fused-ring (bicyclic) bond motifs is 2. The van der Waals surface area contributed by atoms with Crippen LogP contribution in [-0.4, -0.2) is 61.9 Å². The summed E-state index contributed by atoms with van der Waals surface area (Å²) in [5.41, 5.74) is 7.05. The summed E-state index contributed by atoms with van der Waals surface area (Å²) in [6, 6.07) is 11.7. The van der Waals surface area contributed by atoms with E-state index in [4.69, 9.17) is 14.7 Å². The van der Waals surface area contributed by atoms with Crippen LogP contribution in [0.15, 0.2) is 55.0 Å². The van der Waals surface area contributed by atoms with Gasteiger partial charge in [-0.3, -0.25) is 19.6 Å². The Morgan fingerprint density at radius 3 is 2.64 bits per heavy atom. The number of aryl methyl sites for hydroxylation is 1. The number of rotatable bonds is 8. The van der Waals surface area contributed by atoms with Gasteiger partial charge in [0.1, 0.15) is 18.1 Å². The van der Waals surface area contributed by atoms with Crippen LogP contribution >= 0.6 is 0 Å². The van der Waals surface area contributed by atoms with Crippen LogP contribution in [0.2, 0.25) is 0 Å². The van der Waals surface area contributed by atoms with Gasteiger partial charge in [0.05, 0.1) is 30.6 Å². The molecule has 1 N–H and O–H groups in total. The van der Waals surface area contributed by atoms with Crippen LogP contribution in [0.3, 0.4) is 0 Å². The van der Waals surface area contributed by atoms with Crippen LogP contribution in [0, 0.1) is 6.92 Å². The van der Waals surface area contributed by atoms with Crippen LogP contribution in [0.25, 0.3) is 16.6 Å². The Balaban J connectivity index is 1.06. The number of nitrogens with one attached hydrogen (secondary N) is 1. The van der Waals surface area contributed by atoms with Crippen molar-refractivity contribution in [1.82, 2.24) is 29.2 Å². The van der Waals surface area contributed by atoms with Gasteiger partial charge in [0, 0.05) is 66.0 Å². The lowest BCUT2D eigenvalue weighted by atomic mass is 10.1. The summed E-state index contributed by atoms with van der Waals surface area (Å²) in [7, 11) is 3.21. The molecule has 11 nitrogen and oxygen atoms in total. The highest BCUT2D eigenvalue weighted by molar-refractivity contribution is 6.13. The number of benzene rings is 1. The van der Waals surface area contributed by atoms with Gasteiger partial charge in [-0.05, 0) is 68.0 Å². The lowest BCUT2D eigenvalue weighted by Gasteiger charge is -2.17. The summed E-state index contributed by atoms with van der Waals surface area (Å²) in [5.74, 6) is 2.46. The fourth-order valence-electron chi connectivity index (χ4n) is 6.19. The number of carbonyl (C=O) groups excluding carboxylic acids is 2. The molecule has 8 rings (SSSR count). The molecule has 2 saturated carbocycles. The molecule has 44 heavy (non-hydrogen) atoms. The first-order valence-corrected chi connectivity index (χ1v) is 15.0. The zero-order valence-electron chi connectivity index (χ0n) is 24.8. The molecular formula is C33H32N8O3. The van der Waals surface area contributed by atoms with E-state index in [1.54, 1.807) is 7.11 Å². The second kappa shape index (κ2) is 10.0. The molecule has 0 radical (unpaired) electrons. The SMILES string of the molecule is COc1cc([C@@H]2C[C@H]2c2nccc(C)n2)nc2cc(NCc3cn4cc(C5CC5)cc(N5CC(=O)N(C)C5=O)c4n3)ccc12. The van der Waals surface area contributed by atoms with E-state index in [1.165, 1.54) is 16.8 Å². The number of aromatic nitrogens is 5. The first-order chi connectivity index (χ1) is 21.4. The summed E-state index contributed by atoms with van der Waals surface area (Å²) in [5, 5.41) is 4.45. The maximum absolute atomic E-state index is 12.9. The Morgan fingerprint density at radius 1 is 1.02 bits per heavy atom. The molecule has 2 aliphatic carbocycles. The molecule has 5 heterocycles. The van der Waals surface area contributed by atoms with Crippen molar-refractivity contribution in [1.29, 1.82) is 0 Å². The van der Waals surface area contributed by atoms with Crippen molar-refractivity contribution < 1.29 is 14.3 Å². The molecule has 0 spiro atoms. The summed E-state index contributed by atoms with van der Waals surface area (Å²) >= 11 is 0. The van der Waals surface area contributed by atoms with Crippen LogP contribution in [-0.2, 0) is 11.3 Å². The fourth-order valence-corrected chi connectivity index (χ4v) is 6.19. The number of amides is 3. The van der Waals surface area contributed by atoms with Crippen LogP contribution in [0.1, 0.15) is 65.5 Å². The molecule has 3 aliphatic rings. The molecule has 3 fully saturated rings. The summed E-state index contributed by atoms with van der Waals surface area (Å²) in [6.45, 7) is 2.49. The third-order valence-corrected chi connectivity index (χ3v) is 8.93. The van der Waals surface area contributed by atoms with E-state index in [1.807, 2.05) is 60.1 Å². The zero-order valence-corrected chi connectivity index (χ0v) is 24.8. The van der Waals surface area contributed by atoms with E-state index >= 15 is 0 Å². The molecule has 0 unspecified atom stereocenters. The first kappa shape index (κ1) is 26.6. The predicted molar refractivity (Wildman–Crippen MR) is 165 cm³/mol. The Labute approximate surface area is 253 Å². The molecule has 222 valence electrons. The lowest BCUT2D eigenvalue weighted by Crippen LogP contribution is -2.30. The number of nitrogens with zero attached hydrogens (tertiary/aromatic N) is 7. The van der Waals surface area contributed by atoms with Gasteiger partial charge in [0.15, 0.2) is 5.65 Å². The van der Waals surface area contributed by atoms with Gasteiger partial charge >= 0.3 is 6.03 Å². The standard InChI is InChI=1S/C33H32N8O3/c1-18-8-9-34-31(36-18)25-12-24(25)27-13-29(44-3)23-7-6-21(11-26(23)38-27)35-14-22-16-40-15-20(19-4-5-19)10-28(32(40)37-22)41-17-30(42)39(2)33(41)43/h6-11,13,15-16,19,24-25,35H,4-5,12,14,17H2,1-3H3/t24-,25-/m1/s1. The van der Waals surface area contributed by atoms with Gasteiger partial charge in [-0.15, -0.1) is 0 Å². The van der Waals surface area contributed by atoms with E-state index in [9.17, 15) is 9.59 Å². The number of ether oxygens (including phenoxy) is 1. The number of carbonyl (C=O) groups is 2. The highest BCUT2D eigenvalue weighted by Gasteiger charge is 2.43. The summed E-state index contributed by atoms with van der Waals surface area (Å²) in [6.07, 6.45) is 9.13. The van der Waals surface area contributed by atoms with Crippen molar-refractivity contribution >= 4 is 39.9 Å². The second-order valence-electron chi connectivity index (χ2n) is 12.1. The molecular weight excluding hydrogens is 556 g/mol. The Bertz CT molecular complexity index is 1980. The minimum absolute atomic E-state index is 0.0225. The normalized spacial score (nSPS) is 19.8. The molecule has 5 aromatic rings. The van der Waals surface area contributed by atoms with E-state index in [-0.39, 0.29) is 30.3 Å². The third kappa shape index (κ3) is 4.59. The second-order valence-corrected chi connectivity index (χ2v) is 12.1. The van der Waals surface area contributed by atoms with Crippen molar-refractivity contribution in [2.75, 3.05) is 30.9 Å². The summed E-state index contributed by atoms with van der Waals surface area (Å²) < 4.78 is 7.74. The van der Waals surface area contributed by atoms with Crippen molar-refractivity contribution in [2.45, 2.75) is 50.5 Å². The zero-order chi connectivity index (χ0) is 30.1. The quantitative estimate of drug-likeness (QED) is 0.248. The lowest BCUT2D eigenvalue weighted by molar-refractivity contribution is -0.123. The minimum atomic E-state index is -0.324. The van der Waals surface area contributed by atoms with Gasteiger partial charge in [-0.1, -0.05) is 0 Å². The number of hydrogen-bond acceptors (Lipinski definition) is 8. The fraction of sp³-hybridized carbons (Fsp3) is 0.333. The number of urea groups is 1. The van der Waals surface area contributed by atoms with Crippen molar-refractivity contribution in [2.24, 2.45) is 0 Å². The Hall–Kier alpha value is -5.06. The molecule has 3 amide bonds. The van der Waals surface area contributed by atoms with Gasteiger partial charge in [0.25, 0.3) is 0 Å². The first-order valence-electron chi connectivity index (χ1n) is 15.0. The minimum Gasteiger partial charge on any atom is -0.496 e. The molecule has 1 saturated heterocycles. The predicted octanol–water partition coefficient (Wildman–Crippen LogP) is 5.15. The van der Waals surface area contributed by atoms with E-state index in [0.717, 1.165) is 70.1 Å². The number of pyridine rings is 2. The average Bonchev–Trinajstić information content (AvgIpc) is 3.96. The Kier molecular flexibility index (Phi) is 6.04. The van der Waals surface area contributed by atoms with Crippen LogP contribution in [0.4, 0.5) is 16.2 Å². The molecule has 1 aromatic carbocycles. The van der Waals surface area contributed by atoms with Gasteiger partial charge in [0.2, 0.25) is 5.91 Å². The van der Waals surface area contributed by atoms with E-state index in [0.29, 0.717) is 23.8 Å².